The minimum absolute atomic E-state index is 0.0264. The maximum absolute atomic E-state index is 15.1. The molecular formula is C36H47FN4O2. The number of aryl methyl sites for hydroxylation is 2. The minimum atomic E-state index is -0.394. The molecule has 7 heteroatoms. The Morgan fingerprint density at radius 3 is 2.28 bits per heavy atom. The highest BCUT2D eigenvalue weighted by molar-refractivity contribution is 5.76. The van der Waals surface area contributed by atoms with Gasteiger partial charge < -0.3 is 21.5 Å². The van der Waals surface area contributed by atoms with Crippen LogP contribution in [-0.4, -0.2) is 30.1 Å². The smallest absolute Gasteiger partial charge is 0.220 e. The molecule has 1 aromatic heterocycles. The van der Waals surface area contributed by atoms with Gasteiger partial charge in [0.25, 0.3) is 0 Å². The van der Waals surface area contributed by atoms with Crippen LogP contribution in [0.4, 0.5) is 4.39 Å². The summed E-state index contributed by atoms with van der Waals surface area (Å²) in [7, 11) is 1.64. The van der Waals surface area contributed by atoms with Gasteiger partial charge in [0.05, 0.1) is 5.69 Å². The van der Waals surface area contributed by atoms with E-state index in [4.69, 9.17) is 16.2 Å². The van der Waals surface area contributed by atoms with Gasteiger partial charge >= 0.3 is 0 Å². The van der Waals surface area contributed by atoms with Crippen LogP contribution in [0.25, 0.3) is 28.5 Å². The Morgan fingerprint density at radius 1 is 1.09 bits per heavy atom. The van der Waals surface area contributed by atoms with E-state index in [0.29, 0.717) is 41.5 Å². The first kappa shape index (κ1) is 32.2. The Morgan fingerprint density at radius 2 is 1.70 bits per heavy atom. The van der Waals surface area contributed by atoms with Crippen molar-refractivity contribution in [3.05, 3.63) is 83.1 Å². The van der Waals surface area contributed by atoms with Crippen LogP contribution in [0.1, 0.15) is 69.7 Å². The largest absolute Gasteiger partial charge is 0.474 e. The van der Waals surface area contributed by atoms with Crippen molar-refractivity contribution in [3.63, 3.8) is 0 Å². The normalized spacial score (nSPS) is 16.3. The van der Waals surface area contributed by atoms with E-state index in [1.165, 1.54) is 25.3 Å². The molecule has 0 radical (unpaired) electrons. The van der Waals surface area contributed by atoms with Crippen LogP contribution in [0.3, 0.4) is 0 Å². The lowest BCUT2D eigenvalue weighted by molar-refractivity contribution is -0.120. The van der Waals surface area contributed by atoms with Gasteiger partial charge in [-0.3, -0.25) is 4.79 Å². The van der Waals surface area contributed by atoms with Crippen LogP contribution in [0.2, 0.25) is 0 Å². The molecule has 4 atom stereocenters. The van der Waals surface area contributed by atoms with Crippen molar-refractivity contribution >= 4 is 12.0 Å². The number of rotatable bonds is 14. The molecule has 4 unspecified atom stereocenters. The lowest BCUT2D eigenvalue weighted by Gasteiger charge is -2.32. The first-order valence-corrected chi connectivity index (χ1v) is 15.6. The molecule has 1 heterocycles. The number of benzene rings is 2. The standard InChI is InChI=1S/C36H47FN4O2/c1-6-32(35(39)24(4)22(2)19-26-7-8-26)43-33(38)21-31-23(3)20-30(37)36(41-31)29-16-14-28(15-17-29)27-12-9-25(10-13-27)11-18-34(42)40-5/h9-10,12-17,20-22,24,26,32,35H,6-8,11,18-19,38-39H2,1-5H3,(H,40,42)/b33-21+. The number of pyridine rings is 1. The van der Waals surface area contributed by atoms with E-state index < -0.39 is 5.82 Å². The Balaban J connectivity index is 1.46. The third-order valence-electron chi connectivity index (χ3n) is 8.88. The molecular weight excluding hydrogens is 539 g/mol. The van der Waals surface area contributed by atoms with Crippen LogP contribution in [0, 0.1) is 30.5 Å². The van der Waals surface area contributed by atoms with E-state index in [1.807, 2.05) is 55.5 Å². The fraction of sp³-hybridized carbons (Fsp3) is 0.444. The molecule has 1 fully saturated rings. The Kier molecular flexibility index (Phi) is 11.0. The van der Waals surface area contributed by atoms with Gasteiger partial charge in [0.1, 0.15) is 17.6 Å². The number of hydrogen-bond acceptors (Lipinski definition) is 5. The molecule has 0 aliphatic heterocycles. The van der Waals surface area contributed by atoms with E-state index in [0.717, 1.165) is 29.0 Å². The fourth-order valence-corrected chi connectivity index (χ4v) is 5.60. The van der Waals surface area contributed by atoms with Crippen molar-refractivity contribution in [2.45, 2.75) is 78.4 Å². The molecule has 1 aliphatic carbocycles. The van der Waals surface area contributed by atoms with Crippen molar-refractivity contribution in [2.24, 2.45) is 29.2 Å². The van der Waals surface area contributed by atoms with Crippen LogP contribution in [0.5, 0.6) is 0 Å². The molecule has 1 saturated carbocycles. The summed E-state index contributed by atoms with van der Waals surface area (Å²) in [4.78, 5) is 16.2. The van der Waals surface area contributed by atoms with Crippen molar-refractivity contribution in [1.29, 1.82) is 0 Å². The quantitative estimate of drug-likeness (QED) is 0.177. The molecule has 1 aliphatic rings. The number of nitrogens with one attached hydrogen (secondary N) is 1. The van der Waals surface area contributed by atoms with E-state index in [2.05, 4.69) is 31.1 Å². The number of nitrogens with two attached hydrogens (primary N) is 2. The number of carbonyl (C=O) groups is 1. The zero-order chi connectivity index (χ0) is 31.1. The van der Waals surface area contributed by atoms with E-state index in [-0.39, 0.29) is 29.6 Å². The van der Waals surface area contributed by atoms with Crippen LogP contribution < -0.4 is 16.8 Å². The van der Waals surface area contributed by atoms with E-state index in [1.54, 1.807) is 13.1 Å². The molecule has 0 saturated heterocycles. The highest BCUT2D eigenvalue weighted by Crippen LogP contribution is 2.38. The summed E-state index contributed by atoms with van der Waals surface area (Å²) >= 11 is 0. The predicted molar refractivity (Wildman–Crippen MR) is 173 cm³/mol. The molecule has 1 amide bonds. The molecule has 0 spiro atoms. The highest BCUT2D eigenvalue weighted by atomic mass is 19.1. The maximum Gasteiger partial charge on any atom is 0.220 e. The van der Waals surface area contributed by atoms with Crippen LogP contribution in [-0.2, 0) is 16.0 Å². The number of aromatic nitrogens is 1. The zero-order valence-electron chi connectivity index (χ0n) is 26.2. The van der Waals surface area contributed by atoms with E-state index in [9.17, 15) is 4.79 Å². The number of halogens is 1. The topological polar surface area (TPSA) is 103 Å². The van der Waals surface area contributed by atoms with Crippen molar-refractivity contribution < 1.29 is 13.9 Å². The highest BCUT2D eigenvalue weighted by Gasteiger charge is 2.31. The molecule has 4 rings (SSSR count). The Bertz CT molecular complexity index is 1400. The molecule has 6 nitrogen and oxygen atoms in total. The number of nitrogens with zero attached hydrogens (tertiary/aromatic N) is 1. The van der Waals surface area contributed by atoms with Gasteiger partial charge in [-0.1, -0.05) is 82.1 Å². The number of ether oxygens (including phenoxy) is 1. The Hall–Kier alpha value is -3.71. The fourth-order valence-electron chi connectivity index (χ4n) is 5.60. The zero-order valence-corrected chi connectivity index (χ0v) is 26.2. The summed E-state index contributed by atoms with van der Waals surface area (Å²) in [5.41, 5.74) is 18.3. The molecule has 230 valence electrons. The lowest BCUT2D eigenvalue weighted by atomic mass is 9.83. The summed E-state index contributed by atoms with van der Waals surface area (Å²) in [6.45, 7) is 8.35. The van der Waals surface area contributed by atoms with Crippen LogP contribution in [0.15, 0.2) is 60.5 Å². The number of amides is 1. The molecule has 5 N–H and O–H groups in total. The van der Waals surface area contributed by atoms with Crippen molar-refractivity contribution in [3.8, 4) is 22.4 Å². The second-order valence-electron chi connectivity index (χ2n) is 12.2. The first-order chi connectivity index (χ1) is 20.6. The van der Waals surface area contributed by atoms with Crippen molar-refractivity contribution in [1.82, 2.24) is 10.3 Å². The summed E-state index contributed by atoms with van der Waals surface area (Å²) < 4.78 is 21.3. The second kappa shape index (κ2) is 14.6. The summed E-state index contributed by atoms with van der Waals surface area (Å²) in [5.74, 6) is 1.55. The van der Waals surface area contributed by atoms with Gasteiger partial charge in [-0.2, -0.15) is 0 Å². The third kappa shape index (κ3) is 8.66. The van der Waals surface area contributed by atoms with Gasteiger partial charge in [0.2, 0.25) is 5.91 Å². The van der Waals surface area contributed by atoms with Gasteiger partial charge in [-0.15, -0.1) is 0 Å². The van der Waals surface area contributed by atoms with Crippen LogP contribution >= 0.6 is 0 Å². The average Bonchev–Trinajstić information content (AvgIpc) is 3.83. The van der Waals surface area contributed by atoms with Gasteiger partial charge in [0, 0.05) is 31.1 Å². The molecule has 0 bridgehead atoms. The number of carbonyl (C=O) groups excluding carboxylic acids is 1. The SMILES string of the molecule is CCC(O/C(N)=C/c1nc(-c2ccc(-c3ccc(CCC(=O)NC)cc3)cc2)c(F)cc1C)C(N)C(C)C(C)CC1CC1. The summed E-state index contributed by atoms with van der Waals surface area (Å²) in [6, 6.07) is 17.1. The molecule has 2 aromatic carbocycles. The average molecular weight is 587 g/mol. The first-order valence-electron chi connectivity index (χ1n) is 15.6. The second-order valence-corrected chi connectivity index (χ2v) is 12.2. The lowest BCUT2D eigenvalue weighted by Crippen LogP contribution is -2.44. The molecule has 3 aromatic rings. The van der Waals surface area contributed by atoms with Gasteiger partial charge in [-0.25, -0.2) is 9.37 Å². The van der Waals surface area contributed by atoms with Gasteiger partial charge in [0.15, 0.2) is 5.88 Å². The molecule has 43 heavy (non-hydrogen) atoms. The third-order valence-corrected chi connectivity index (χ3v) is 8.88. The predicted octanol–water partition coefficient (Wildman–Crippen LogP) is 6.99. The van der Waals surface area contributed by atoms with E-state index >= 15 is 4.39 Å². The van der Waals surface area contributed by atoms with Gasteiger partial charge in [-0.05, 0) is 72.3 Å². The Labute approximate surface area is 256 Å². The number of hydrogen-bond donors (Lipinski definition) is 3. The minimum Gasteiger partial charge on any atom is -0.474 e. The van der Waals surface area contributed by atoms with Crippen molar-refractivity contribution in [2.75, 3.05) is 7.05 Å². The summed E-state index contributed by atoms with van der Waals surface area (Å²) in [6.07, 6.45) is 7.23. The monoisotopic (exact) mass is 586 g/mol. The maximum atomic E-state index is 15.1. The summed E-state index contributed by atoms with van der Waals surface area (Å²) in [5, 5.41) is 2.65.